The van der Waals surface area contributed by atoms with Gasteiger partial charge in [0.05, 0.1) is 35.7 Å². The molecule has 2 aromatic heterocycles. The zero-order valence-corrected chi connectivity index (χ0v) is 14.8. The van der Waals surface area contributed by atoms with E-state index in [1.165, 1.54) is 0 Å². The molecule has 1 N–H and O–H groups in total. The summed E-state index contributed by atoms with van der Waals surface area (Å²) in [6.07, 6.45) is -9.86. The fraction of sp³-hybridized carbons (Fsp3) is 0.222. The Bertz CT molecular complexity index is 1050. The molecule has 1 aromatic carbocycles. The molecule has 156 valence electrons. The largest absolute Gasteiger partial charge is 0.416 e. The highest BCUT2D eigenvalue weighted by Gasteiger charge is 2.36. The van der Waals surface area contributed by atoms with Crippen molar-refractivity contribution < 1.29 is 31.1 Å². The number of aromatic nitrogens is 4. The molecule has 0 amide bonds. The van der Waals surface area contributed by atoms with E-state index in [-0.39, 0.29) is 29.6 Å². The molecule has 0 radical (unpaired) electrons. The number of halogens is 6. The third-order valence-corrected chi connectivity index (χ3v) is 3.87. The molecule has 0 aliphatic carbocycles. The zero-order valence-electron chi connectivity index (χ0n) is 14.8. The molecule has 0 bridgehead atoms. The molecule has 0 atom stereocenters. The summed E-state index contributed by atoms with van der Waals surface area (Å²) in [6.45, 7) is -0.683. The van der Waals surface area contributed by atoms with Gasteiger partial charge in [0.1, 0.15) is 11.8 Å². The Balaban J connectivity index is 1.76. The van der Waals surface area contributed by atoms with E-state index < -0.39 is 30.1 Å². The number of benzene rings is 1. The minimum Gasteiger partial charge on any atom is -0.370 e. The normalized spacial score (nSPS) is 12.0. The van der Waals surface area contributed by atoms with Crippen LogP contribution in [0, 0.1) is 11.3 Å². The van der Waals surface area contributed by atoms with Gasteiger partial charge in [-0.25, -0.2) is 4.98 Å². The number of nitrogens with one attached hydrogen (secondary N) is 1. The van der Waals surface area contributed by atoms with Crippen molar-refractivity contribution in [3.63, 3.8) is 0 Å². The third kappa shape index (κ3) is 4.93. The van der Waals surface area contributed by atoms with Gasteiger partial charge in [-0.3, -0.25) is 0 Å². The standard InChI is InChI=1S/C18H11F6N5O/c19-17(20,21)11-4-10(5-12(6-11)18(22,23)24)8-30-9-13-2-1-3-14(26-13)16-15(7-25)27-29-28-16/h1-6H,8-9H2,(H,27,28,29). The molecule has 0 fully saturated rings. The summed E-state index contributed by atoms with van der Waals surface area (Å²) in [4.78, 5) is 4.21. The molecule has 2 heterocycles. The first-order valence-corrected chi connectivity index (χ1v) is 8.21. The number of rotatable bonds is 5. The predicted molar refractivity (Wildman–Crippen MR) is 89.3 cm³/mol. The minimum absolute atomic E-state index is 0.0178. The number of alkyl halides is 6. The lowest BCUT2D eigenvalue weighted by Gasteiger charge is -2.14. The van der Waals surface area contributed by atoms with Crippen LogP contribution >= 0.6 is 0 Å². The van der Waals surface area contributed by atoms with Gasteiger partial charge in [0, 0.05) is 0 Å². The third-order valence-electron chi connectivity index (χ3n) is 3.87. The van der Waals surface area contributed by atoms with Crippen LogP contribution in [0.2, 0.25) is 0 Å². The fourth-order valence-corrected chi connectivity index (χ4v) is 2.56. The van der Waals surface area contributed by atoms with Crippen molar-refractivity contribution in [1.82, 2.24) is 20.4 Å². The first-order valence-electron chi connectivity index (χ1n) is 8.21. The molecule has 0 spiro atoms. The topological polar surface area (TPSA) is 87.5 Å². The SMILES string of the molecule is N#Cc1n[nH]nc1-c1cccc(COCc2cc(C(F)(F)F)cc(C(F)(F)F)c2)n1. The van der Waals surface area contributed by atoms with Gasteiger partial charge < -0.3 is 4.74 Å². The summed E-state index contributed by atoms with van der Waals surface area (Å²) in [5.41, 5.74) is -2.24. The number of H-pyrrole nitrogens is 1. The smallest absolute Gasteiger partial charge is 0.370 e. The van der Waals surface area contributed by atoms with Gasteiger partial charge in [0.25, 0.3) is 0 Å². The van der Waals surface area contributed by atoms with Crippen molar-refractivity contribution in [1.29, 1.82) is 5.26 Å². The molecule has 0 aliphatic rings. The van der Waals surface area contributed by atoms with Crippen LogP contribution < -0.4 is 0 Å². The highest BCUT2D eigenvalue weighted by Crippen LogP contribution is 2.36. The summed E-state index contributed by atoms with van der Waals surface area (Å²) in [5, 5.41) is 18.7. The molecule has 0 saturated carbocycles. The van der Waals surface area contributed by atoms with Crippen LogP contribution in [0.5, 0.6) is 0 Å². The molecule has 3 aromatic rings. The summed E-state index contributed by atoms with van der Waals surface area (Å²) in [5.74, 6) is 0. The van der Waals surface area contributed by atoms with Gasteiger partial charge in [-0.1, -0.05) is 6.07 Å². The summed E-state index contributed by atoms with van der Waals surface area (Å²) in [7, 11) is 0. The lowest BCUT2D eigenvalue weighted by atomic mass is 10.1. The van der Waals surface area contributed by atoms with E-state index in [9.17, 15) is 26.3 Å². The van der Waals surface area contributed by atoms with Crippen LogP contribution in [0.25, 0.3) is 11.4 Å². The number of pyridine rings is 1. The van der Waals surface area contributed by atoms with Gasteiger partial charge in [-0.15, -0.1) is 5.10 Å². The van der Waals surface area contributed by atoms with E-state index >= 15 is 0 Å². The van der Waals surface area contributed by atoms with E-state index in [0.717, 1.165) is 0 Å². The number of nitriles is 1. The van der Waals surface area contributed by atoms with Crippen LogP contribution in [0.3, 0.4) is 0 Å². The van der Waals surface area contributed by atoms with Crippen molar-refractivity contribution in [3.8, 4) is 17.5 Å². The van der Waals surface area contributed by atoms with E-state index in [1.807, 2.05) is 6.07 Å². The predicted octanol–water partition coefficient (Wildman–Crippen LogP) is 4.49. The maximum Gasteiger partial charge on any atom is 0.416 e. The monoisotopic (exact) mass is 427 g/mol. The van der Waals surface area contributed by atoms with Crippen LogP contribution in [-0.2, 0) is 30.3 Å². The van der Waals surface area contributed by atoms with Gasteiger partial charge in [0.2, 0.25) is 0 Å². The number of hydrogen-bond acceptors (Lipinski definition) is 5. The Morgan fingerprint density at radius 2 is 1.60 bits per heavy atom. The lowest BCUT2D eigenvalue weighted by molar-refractivity contribution is -0.143. The van der Waals surface area contributed by atoms with Crippen LogP contribution in [0.4, 0.5) is 26.3 Å². The van der Waals surface area contributed by atoms with E-state index in [4.69, 9.17) is 10.00 Å². The molecule has 0 unspecified atom stereocenters. The van der Waals surface area contributed by atoms with Crippen LogP contribution in [0.15, 0.2) is 36.4 Å². The second-order valence-corrected chi connectivity index (χ2v) is 6.05. The van der Waals surface area contributed by atoms with Crippen LogP contribution in [0.1, 0.15) is 28.1 Å². The second kappa shape index (κ2) is 8.11. The lowest BCUT2D eigenvalue weighted by Crippen LogP contribution is -2.12. The average molecular weight is 427 g/mol. The molecule has 0 aliphatic heterocycles. The van der Waals surface area contributed by atoms with Gasteiger partial charge in [0.15, 0.2) is 5.69 Å². The number of ether oxygens (including phenoxy) is 1. The molecule has 12 heteroatoms. The van der Waals surface area contributed by atoms with Crippen molar-refractivity contribution in [2.75, 3.05) is 0 Å². The minimum atomic E-state index is -4.93. The highest BCUT2D eigenvalue weighted by molar-refractivity contribution is 5.59. The molecular formula is C18H11F6N5O. The highest BCUT2D eigenvalue weighted by atomic mass is 19.4. The van der Waals surface area contributed by atoms with Gasteiger partial charge in [-0.05, 0) is 35.9 Å². The van der Waals surface area contributed by atoms with Crippen molar-refractivity contribution >= 4 is 0 Å². The molecule has 3 rings (SSSR count). The number of nitrogens with zero attached hydrogens (tertiary/aromatic N) is 4. The Hall–Kier alpha value is -3.46. The van der Waals surface area contributed by atoms with Gasteiger partial charge >= 0.3 is 12.4 Å². The van der Waals surface area contributed by atoms with Crippen LogP contribution in [-0.4, -0.2) is 20.4 Å². The molecule has 6 nitrogen and oxygen atoms in total. The first kappa shape index (κ1) is 21.3. The fourth-order valence-electron chi connectivity index (χ4n) is 2.56. The Labute approximate surface area is 165 Å². The van der Waals surface area contributed by atoms with E-state index in [2.05, 4.69) is 20.4 Å². The van der Waals surface area contributed by atoms with Crippen molar-refractivity contribution in [2.45, 2.75) is 25.6 Å². The van der Waals surface area contributed by atoms with Crippen molar-refractivity contribution in [2.24, 2.45) is 0 Å². The first-order chi connectivity index (χ1) is 14.1. The Kier molecular flexibility index (Phi) is 5.75. The number of aromatic amines is 1. The second-order valence-electron chi connectivity index (χ2n) is 6.05. The summed E-state index contributed by atoms with van der Waals surface area (Å²) < 4.78 is 82.7. The quantitative estimate of drug-likeness (QED) is 0.606. The van der Waals surface area contributed by atoms with Crippen molar-refractivity contribution in [3.05, 3.63) is 64.5 Å². The van der Waals surface area contributed by atoms with E-state index in [1.54, 1.807) is 18.2 Å². The average Bonchev–Trinajstić information content (AvgIpc) is 3.15. The molecule has 30 heavy (non-hydrogen) atoms. The maximum absolute atomic E-state index is 12.9. The molecule has 0 saturated heterocycles. The number of hydrogen-bond donors (Lipinski definition) is 1. The van der Waals surface area contributed by atoms with E-state index in [0.29, 0.717) is 23.5 Å². The Morgan fingerprint density at radius 1 is 0.933 bits per heavy atom. The Morgan fingerprint density at radius 3 is 2.20 bits per heavy atom. The zero-order chi connectivity index (χ0) is 21.9. The van der Waals surface area contributed by atoms with Gasteiger partial charge in [-0.2, -0.15) is 41.9 Å². The maximum atomic E-state index is 12.9. The summed E-state index contributed by atoms with van der Waals surface area (Å²) >= 11 is 0. The summed E-state index contributed by atoms with van der Waals surface area (Å²) in [6, 6.07) is 7.79. The molecular weight excluding hydrogens is 416 g/mol.